The van der Waals surface area contributed by atoms with Gasteiger partial charge in [0.25, 0.3) is 5.69 Å². The summed E-state index contributed by atoms with van der Waals surface area (Å²) >= 11 is 0. The molecule has 1 aromatic carbocycles. The smallest absolute Gasteiger partial charge is 0.313 e. The number of anilines is 1. The van der Waals surface area contributed by atoms with Crippen LogP contribution in [0.1, 0.15) is 19.4 Å². The molecule has 0 atom stereocenters. The van der Waals surface area contributed by atoms with Crippen LogP contribution in [0.4, 0.5) is 11.4 Å². The van der Waals surface area contributed by atoms with Crippen molar-refractivity contribution in [2.24, 2.45) is 0 Å². The summed E-state index contributed by atoms with van der Waals surface area (Å²) in [5.41, 5.74) is 0.746. The number of non-ortho nitro benzene ring substituents is 1. The van der Waals surface area contributed by atoms with Crippen molar-refractivity contribution in [2.45, 2.75) is 20.8 Å². The molecule has 0 aliphatic rings. The molecular weight excluding hydrogens is 300 g/mol. The molecule has 8 nitrogen and oxygen atoms in total. The number of nitro benzene ring substituents is 1. The van der Waals surface area contributed by atoms with Gasteiger partial charge in [-0.2, -0.15) is 0 Å². The fraction of sp³-hybridized carbons (Fsp3) is 0.467. The topological polar surface area (TPSA) is 105 Å². The van der Waals surface area contributed by atoms with Crippen LogP contribution in [0.15, 0.2) is 18.2 Å². The molecule has 2 amide bonds. The van der Waals surface area contributed by atoms with Gasteiger partial charge in [-0.05, 0) is 25.6 Å². The predicted molar refractivity (Wildman–Crippen MR) is 87.3 cm³/mol. The third-order valence-electron chi connectivity index (χ3n) is 3.49. The van der Waals surface area contributed by atoms with Crippen LogP contribution in [-0.2, 0) is 9.59 Å². The second kappa shape index (κ2) is 8.84. The van der Waals surface area contributed by atoms with E-state index in [-0.39, 0.29) is 11.4 Å². The number of aryl methyl sites for hydroxylation is 1. The van der Waals surface area contributed by atoms with E-state index in [0.717, 1.165) is 13.1 Å². The number of nitrogens with zero attached hydrogens (tertiary/aromatic N) is 2. The summed E-state index contributed by atoms with van der Waals surface area (Å²) in [5, 5.41) is 15.7. The molecule has 2 N–H and O–H groups in total. The first-order valence-corrected chi connectivity index (χ1v) is 7.45. The number of likely N-dealkylation sites (N-methyl/N-ethyl adjacent to an activating group) is 1. The van der Waals surface area contributed by atoms with Gasteiger partial charge in [-0.3, -0.25) is 19.7 Å². The van der Waals surface area contributed by atoms with E-state index in [1.54, 1.807) is 6.92 Å². The Morgan fingerprint density at radius 2 is 1.87 bits per heavy atom. The average molecular weight is 322 g/mol. The van der Waals surface area contributed by atoms with E-state index in [1.165, 1.54) is 18.2 Å². The number of benzene rings is 1. The lowest BCUT2D eigenvalue weighted by molar-refractivity contribution is -0.384. The Morgan fingerprint density at radius 3 is 2.43 bits per heavy atom. The highest BCUT2D eigenvalue weighted by molar-refractivity contribution is 6.39. The number of amides is 2. The second-order valence-corrected chi connectivity index (χ2v) is 4.99. The number of nitro groups is 1. The fourth-order valence-corrected chi connectivity index (χ4v) is 1.98. The molecule has 0 radical (unpaired) electrons. The summed E-state index contributed by atoms with van der Waals surface area (Å²) in [6, 6.07) is 4.09. The van der Waals surface area contributed by atoms with Gasteiger partial charge in [0.2, 0.25) is 0 Å². The normalized spacial score (nSPS) is 10.4. The third kappa shape index (κ3) is 5.67. The molecule has 0 heterocycles. The van der Waals surface area contributed by atoms with Crippen LogP contribution in [0, 0.1) is 17.0 Å². The zero-order chi connectivity index (χ0) is 17.4. The minimum atomic E-state index is -0.840. The lowest BCUT2D eigenvalue weighted by Crippen LogP contribution is -2.40. The second-order valence-electron chi connectivity index (χ2n) is 4.99. The lowest BCUT2D eigenvalue weighted by atomic mass is 10.2. The Balaban J connectivity index is 2.60. The maximum Gasteiger partial charge on any atom is 0.313 e. The third-order valence-corrected chi connectivity index (χ3v) is 3.49. The molecule has 23 heavy (non-hydrogen) atoms. The summed E-state index contributed by atoms with van der Waals surface area (Å²) in [5.74, 6) is -1.60. The van der Waals surface area contributed by atoms with E-state index in [4.69, 9.17) is 0 Å². The van der Waals surface area contributed by atoms with Crippen molar-refractivity contribution in [3.63, 3.8) is 0 Å². The minimum Gasteiger partial charge on any atom is -0.347 e. The SMILES string of the molecule is CCN(CC)CCNC(=O)C(=O)Nc1cc([N+](=O)[O-])ccc1C. The minimum absolute atomic E-state index is 0.146. The van der Waals surface area contributed by atoms with Crippen molar-refractivity contribution in [3.8, 4) is 0 Å². The van der Waals surface area contributed by atoms with E-state index >= 15 is 0 Å². The van der Waals surface area contributed by atoms with Crippen LogP contribution in [0.5, 0.6) is 0 Å². The molecule has 0 saturated carbocycles. The van der Waals surface area contributed by atoms with Crippen molar-refractivity contribution < 1.29 is 14.5 Å². The van der Waals surface area contributed by atoms with Gasteiger partial charge in [0, 0.05) is 25.2 Å². The monoisotopic (exact) mass is 322 g/mol. The van der Waals surface area contributed by atoms with Crippen molar-refractivity contribution in [1.29, 1.82) is 0 Å². The van der Waals surface area contributed by atoms with E-state index in [2.05, 4.69) is 15.5 Å². The van der Waals surface area contributed by atoms with Gasteiger partial charge in [-0.1, -0.05) is 19.9 Å². The van der Waals surface area contributed by atoms with Gasteiger partial charge in [-0.15, -0.1) is 0 Å². The molecule has 0 spiro atoms. The van der Waals surface area contributed by atoms with Crippen LogP contribution in [0.25, 0.3) is 0 Å². The first kappa shape index (κ1) is 18.6. The van der Waals surface area contributed by atoms with Crippen LogP contribution >= 0.6 is 0 Å². The Kier molecular flexibility index (Phi) is 7.14. The van der Waals surface area contributed by atoms with Gasteiger partial charge in [-0.25, -0.2) is 0 Å². The molecule has 1 aromatic rings. The Hall–Kier alpha value is -2.48. The van der Waals surface area contributed by atoms with Crippen LogP contribution in [-0.4, -0.2) is 47.8 Å². The lowest BCUT2D eigenvalue weighted by Gasteiger charge is -2.17. The number of carbonyl (C=O) groups excluding carboxylic acids is 2. The van der Waals surface area contributed by atoms with Gasteiger partial charge >= 0.3 is 11.8 Å². The number of hydrogen-bond donors (Lipinski definition) is 2. The molecule has 0 saturated heterocycles. The fourth-order valence-electron chi connectivity index (χ4n) is 1.98. The van der Waals surface area contributed by atoms with E-state index in [1.807, 2.05) is 13.8 Å². The zero-order valence-corrected chi connectivity index (χ0v) is 13.6. The number of nitrogens with one attached hydrogen (secondary N) is 2. The molecule has 0 fully saturated rings. The van der Waals surface area contributed by atoms with Crippen LogP contribution in [0.3, 0.4) is 0 Å². The standard InChI is InChI=1S/C15H22N4O4/c1-4-18(5-2)9-8-16-14(20)15(21)17-13-10-12(19(22)23)7-6-11(13)3/h6-7,10H,4-5,8-9H2,1-3H3,(H,16,20)(H,17,21). The zero-order valence-electron chi connectivity index (χ0n) is 13.6. The molecule has 0 aliphatic heterocycles. The van der Waals surface area contributed by atoms with Gasteiger partial charge < -0.3 is 15.5 Å². The predicted octanol–water partition coefficient (Wildman–Crippen LogP) is 1.30. The van der Waals surface area contributed by atoms with Crippen molar-refractivity contribution in [1.82, 2.24) is 10.2 Å². The molecule has 126 valence electrons. The highest BCUT2D eigenvalue weighted by Gasteiger charge is 2.16. The highest BCUT2D eigenvalue weighted by Crippen LogP contribution is 2.21. The Bertz CT molecular complexity index is 585. The van der Waals surface area contributed by atoms with E-state index < -0.39 is 16.7 Å². The quantitative estimate of drug-likeness (QED) is 0.447. The first-order valence-electron chi connectivity index (χ1n) is 7.45. The highest BCUT2D eigenvalue weighted by atomic mass is 16.6. The van der Waals surface area contributed by atoms with Crippen LogP contribution in [0.2, 0.25) is 0 Å². The summed E-state index contributed by atoms with van der Waals surface area (Å²) in [6.07, 6.45) is 0. The molecule has 0 bridgehead atoms. The number of hydrogen-bond acceptors (Lipinski definition) is 5. The van der Waals surface area contributed by atoms with E-state index in [9.17, 15) is 19.7 Å². The summed E-state index contributed by atoms with van der Waals surface area (Å²) in [6.45, 7) is 8.48. The first-order chi connectivity index (χ1) is 10.9. The molecule has 1 rings (SSSR count). The summed E-state index contributed by atoms with van der Waals surface area (Å²) < 4.78 is 0. The maximum atomic E-state index is 11.9. The summed E-state index contributed by atoms with van der Waals surface area (Å²) in [7, 11) is 0. The van der Waals surface area contributed by atoms with E-state index in [0.29, 0.717) is 18.7 Å². The summed E-state index contributed by atoms with van der Waals surface area (Å²) in [4.78, 5) is 35.9. The Morgan fingerprint density at radius 1 is 1.22 bits per heavy atom. The van der Waals surface area contributed by atoms with Crippen LogP contribution < -0.4 is 10.6 Å². The largest absolute Gasteiger partial charge is 0.347 e. The van der Waals surface area contributed by atoms with Gasteiger partial charge in [0.15, 0.2) is 0 Å². The van der Waals surface area contributed by atoms with Crippen molar-refractivity contribution in [3.05, 3.63) is 33.9 Å². The average Bonchev–Trinajstić information content (AvgIpc) is 2.53. The van der Waals surface area contributed by atoms with Crippen molar-refractivity contribution in [2.75, 3.05) is 31.5 Å². The molecule has 0 aromatic heterocycles. The molecular formula is C15H22N4O4. The molecule has 8 heteroatoms. The number of rotatable bonds is 7. The van der Waals surface area contributed by atoms with Gasteiger partial charge in [0.05, 0.1) is 10.6 Å². The molecule has 0 unspecified atom stereocenters. The molecule has 0 aliphatic carbocycles. The maximum absolute atomic E-state index is 11.9. The number of carbonyl (C=O) groups is 2. The van der Waals surface area contributed by atoms with Gasteiger partial charge in [0.1, 0.15) is 0 Å². The van der Waals surface area contributed by atoms with Crippen molar-refractivity contribution >= 4 is 23.2 Å². The Labute approximate surface area is 135 Å².